The van der Waals surface area contributed by atoms with Crippen molar-refractivity contribution in [2.75, 3.05) is 12.7 Å². The lowest BCUT2D eigenvalue weighted by molar-refractivity contribution is -0.00000804. The molecule has 0 aliphatic rings. The molecule has 42 heavy (non-hydrogen) atoms. The van der Waals surface area contributed by atoms with Crippen LogP contribution in [0.4, 0.5) is 0 Å². The van der Waals surface area contributed by atoms with E-state index in [-0.39, 0.29) is 17.0 Å². The van der Waals surface area contributed by atoms with E-state index in [0.717, 1.165) is 0 Å². The first kappa shape index (κ1) is 30.1. The standard InChI is InChI=1S/C38H34OP2.BrH/c1-7-19-33(20-8-1)40(34-21-9-2-10-22-34,35-23-11-3-12-24-35)31-39-32-41(36-25-13-4-14-26-36,37-27-15-5-16-28-37)38-29-17-6-18-30-38;/h1-30H,31-32H2;1H/q+2;/p-1. The van der Waals surface area contributed by atoms with Gasteiger partial charge in [-0.25, -0.2) is 0 Å². The van der Waals surface area contributed by atoms with E-state index < -0.39 is 14.5 Å². The van der Waals surface area contributed by atoms with Crippen molar-refractivity contribution in [1.29, 1.82) is 0 Å². The van der Waals surface area contributed by atoms with Gasteiger partial charge >= 0.3 is 0 Å². The quantitative estimate of drug-likeness (QED) is 0.205. The first-order valence-electron chi connectivity index (χ1n) is 14.0. The van der Waals surface area contributed by atoms with Gasteiger partial charge in [0.1, 0.15) is 46.4 Å². The van der Waals surface area contributed by atoms with Crippen LogP contribution in [0.15, 0.2) is 182 Å². The zero-order valence-corrected chi connectivity index (χ0v) is 26.8. The fourth-order valence-electron chi connectivity index (χ4n) is 5.75. The lowest BCUT2D eigenvalue weighted by atomic mass is 10.4. The van der Waals surface area contributed by atoms with E-state index >= 15 is 0 Å². The number of hydrogen-bond donors (Lipinski definition) is 0. The van der Waals surface area contributed by atoms with Crippen molar-refractivity contribution < 1.29 is 21.7 Å². The van der Waals surface area contributed by atoms with Gasteiger partial charge < -0.3 is 21.7 Å². The Kier molecular flexibility index (Phi) is 10.2. The van der Waals surface area contributed by atoms with Crippen LogP contribution in [0, 0.1) is 0 Å². The van der Waals surface area contributed by atoms with Crippen LogP contribution in [0.1, 0.15) is 0 Å². The molecule has 0 heterocycles. The molecular weight excluding hydrogens is 614 g/mol. The Morgan fingerprint density at radius 1 is 0.286 bits per heavy atom. The van der Waals surface area contributed by atoms with Gasteiger partial charge in [0, 0.05) is 0 Å². The third-order valence-corrected chi connectivity index (χ3v) is 16.0. The van der Waals surface area contributed by atoms with E-state index in [2.05, 4.69) is 182 Å². The van der Waals surface area contributed by atoms with Gasteiger partial charge in [0.05, 0.1) is 0 Å². The maximum atomic E-state index is 7.19. The van der Waals surface area contributed by atoms with Crippen LogP contribution in [-0.2, 0) is 4.74 Å². The molecule has 6 aromatic carbocycles. The largest absolute Gasteiger partial charge is 1.00 e. The summed E-state index contributed by atoms with van der Waals surface area (Å²) in [6.07, 6.45) is 1.25. The van der Waals surface area contributed by atoms with Crippen LogP contribution in [0.2, 0.25) is 0 Å². The average molecular weight is 649 g/mol. The van der Waals surface area contributed by atoms with Gasteiger partial charge in [0.25, 0.3) is 0 Å². The molecule has 0 radical (unpaired) electrons. The topological polar surface area (TPSA) is 9.23 Å². The Hall–Kier alpha value is -3.38. The van der Waals surface area contributed by atoms with Crippen LogP contribution >= 0.6 is 14.5 Å². The molecule has 0 spiro atoms. The smallest absolute Gasteiger partial charge is 0.175 e. The highest BCUT2D eigenvalue weighted by atomic mass is 79.9. The van der Waals surface area contributed by atoms with E-state index in [1.807, 2.05) is 0 Å². The summed E-state index contributed by atoms with van der Waals surface area (Å²) in [5.74, 6) is 0. The normalized spacial score (nSPS) is 11.4. The number of rotatable bonds is 10. The maximum Gasteiger partial charge on any atom is 0.175 e. The average Bonchev–Trinajstić information content (AvgIpc) is 3.08. The predicted molar refractivity (Wildman–Crippen MR) is 181 cm³/mol. The molecule has 0 N–H and O–H groups in total. The molecular formula is C38H34BrOP2+. The van der Waals surface area contributed by atoms with E-state index in [9.17, 15) is 0 Å². The molecule has 208 valence electrons. The Morgan fingerprint density at radius 3 is 0.619 bits per heavy atom. The van der Waals surface area contributed by atoms with E-state index in [1.54, 1.807) is 0 Å². The lowest BCUT2D eigenvalue weighted by Crippen LogP contribution is -3.00. The number of hydrogen-bond acceptors (Lipinski definition) is 1. The molecule has 6 aromatic rings. The zero-order chi connectivity index (χ0) is 27.8. The summed E-state index contributed by atoms with van der Waals surface area (Å²) < 4.78 is 7.19. The van der Waals surface area contributed by atoms with Gasteiger partial charge in [-0.1, -0.05) is 109 Å². The predicted octanol–water partition coefficient (Wildman–Crippen LogP) is 3.91. The van der Waals surface area contributed by atoms with Crippen molar-refractivity contribution in [2.45, 2.75) is 0 Å². The molecule has 0 unspecified atom stereocenters. The molecule has 6 rings (SSSR count). The molecule has 0 aromatic heterocycles. The van der Waals surface area contributed by atoms with Gasteiger partial charge in [-0.15, -0.1) is 0 Å². The summed E-state index contributed by atoms with van der Waals surface area (Å²) in [6, 6.07) is 65.9. The summed E-state index contributed by atoms with van der Waals surface area (Å²) in [5.41, 5.74) is 0. The number of ether oxygens (including phenoxy) is 1. The van der Waals surface area contributed by atoms with Crippen molar-refractivity contribution in [3.8, 4) is 0 Å². The maximum absolute atomic E-state index is 7.19. The first-order chi connectivity index (χ1) is 20.3. The molecule has 0 aliphatic carbocycles. The highest BCUT2D eigenvalue weighted by molar-refractivity contribution is 7.96. The summed E-state index contributed by atoms with van der Waals surface area (Å²) in [4.78, 5) is 0. The third-order valence-electron chi connectivity index (χ3n) is 7.75. The number of halogens is 1. The summed E-state index contributed by atoms with van der Waals surface area (Å²) in [5, 5.41) is 8.00. The highest BCUT2D eigenvalue weighted by Gasteiger charge is 2.50. The summed E-state index contributed by atoms with van der Waals surface area (Å²) >= 11 is 0. The van der Waals surface area contributed by atoms with Crippen LogP contribution in [0.25, 0.3) is 0 Å². The molecule has 4 heteroatoms. The minimum Gasteiger partial charge on any atom is -1.00 e. The summed E-state index contributed by atoms with van der Waals surface area (Å²) in [6.45, 7) is 0. The van der Waals surface area contributed by atoms with Crippen molar-refractivity contribution in [2.24, 2.45) is 0 Å². The summed E-state index contributed by atoms with van der Waals surface area (Å²) in [7, 11) is -4.24. The molecule has 0 saturated heterocycles. The second-order valence-electron chi connectivity index (χ2n) is 10.1. The minimum absolute atomic E-state index is 0. The second kappa shape index (κ2) is 14.2. The Bertz CT molecular complexity index is 1310. The molecule has 0 saturated carbocycles. The van der Waals surface area contributed by atoms with Crippen LogP contribution in [0.5, 0.6) is 0 Å². The van der Waals surface area contributed by atoms with Crippen molar-refractivity contribution >= 4 is 46.4 Å². The Balaban J connectivity index is 0.00000353. The Labute approximate surface area is 261 Å². The molecule has 0 atom stereocenters. The first-order valence-corrected chi connectivity index (χ1v) is 18.0. The van der Waals surface area contributed by atoms with E-state index in [4.69, 9.17) is 4.74 Å². The molecule has 0 bridgehead atoms. The number of benzene rings is 6. The highest BCUT2D eigenvalue weighted by Crippen LogP contribution is 2.59. The minimum atomic E-state index is -2.12. The molecule has 1 nitrogen and oxygen atoms in total. The Morgan fingerprint density at radius 2 is 0.452 bits per heavy atom. The van der Waals surface area contributed by atoms with Crippen molar-refractivity contribution in [1.82, 2.24) is 0 Å². The van der Waals surface area contributed by atoms with Gasteiger partial charge in [0.2, 0.25) is 0 Å². The molecule has 0 aliphatic heterocycles. The fraction of sp³-hybridized carbons (Fsp3) is 0.0526. The van der Waals surface area contributed by atoms with Gasteiger partial charge in [-0.2, -0.15) is 0 Å². The molecule has 0 amide bonds. The van der Waals surface area contributed by atoms with Crippen LogP contribution in [0.3, 0.4) is 0 Å². The van der Waals surface area contributed by atoms with Crippen LogP contribution in [-0.4, -0.2) is 12.7 Å². The molecule has 0 fully saturated rings. The third kappa shape index (κ3) is 5.92. The lowest BCUT2D eigenvalue weighted by Gasteiger charge is -2.30. The monoisotopic (exact) mass is 647 g/mol. The van der Waals surface area contributed by atoms with Crippen molar-refractivity contribution in [3.63, 3.8) is 0 Å². The van der Waals surface area contributed by atoms with E-state index in [0.29, 0.717) is 12.7 Å². The second-order valence-corrected chi connectivity index (χ2v) is 16.9. The van der Waals surface area contributed by atoms with Crippen LogP contribution < -0.4 is 48.8 Å². The van der Waals surface area contributed by atoms with Gasteiger partial charge in [-0.3, -0.25) is 0 Å². The zero-order valence-electron chi connectivity index (χ0n) is 23.4. The van der Waals surface area contributed by atoms with Gasteiger partial charge in [-0.05, 0) is 72.8 Å². The fourth-order valence-corrected chi connectivity index (χ4v) is 13.4. The van der Waals surface area contributed by atoms with Crippen molar-refractivity contribution in [3.05, 3.63) is 182 Å². The SMILES string of the molecule is [Br-].c1ccc([P+](COC[P+](c2ccccc2)(c2ccccc2)c2ccccc2)(c2ccccc2)c2ccccc2)cc1. The van der Waals surface area contributed by atoms with Gasteiger partial charge in [0.15, 0.2) is 12.7 Å². The van der Waals surface area contributed by atoms with E-state index in [1.165, 1.54) is 31.8 Å².